The van der Waals surface area contributed by atoms with Gasteiger partial charge in [-0.1, -0.05) is 48.5 Å². The van der Waals surface area contributed by atoms with Crippen LogP contribution in [0.1, 0.15) is 17.5 Å². The predicted octanol–water partition coefficient (Wildman–Crippen LogP) is 2.93. The van der Waals surface area contributed by atoms with Gasteiger partial charge >= 0.3 is 12.0 Å². The van der Waals surface area contributed by atoms with Crippen molar-refractivity contribution in [2.24, 2.45) is 0 Å². The van der Waals surface area contributed by atoms with Crippen molar-refractivity contribution in [3.8, 4) is 0 Å². The third kappa shape index (κ3) is 3.99. The summed E-state index contributed by atoms with van der Waals surface area (Å²) in [7, 11) is 1.34. The van der Waals surface area contributed by atoms with Crippen LogP contribution in [0.3, 0.4) is 0 Å². The fraction of sp³-hybridized carbons (Fsp3) is 0.300. The maximum absolute atomic E-state index is 12.8. The van der Waals surface area contributed by atoms with E-state index in [-0.39, 0.29) is 6.03 Å². The second-order valence-corrected chi connectivity index (χ2v) is 6.10. The van der Waals surface area contributed by atoms with Gasteiger partial charge < -0.3 is 10.1 Å². The fourth-order valence-corrected chi connectivity index (χ4v) is 3.16. The lowest BCUT2D eigenvalue weighted by Crippen LogP contribution is -2.50. The number of esters is 1. The molecule has 0 saturated carbocycles. The Bertz CT molecular complexity index is 746. The lowest BCUT2D eigenvalue weighted by atomic mass is 10.0. The number of anilines is 1. The number of nitrogens with one attached hydrogen (secondary N) is 1. The zero-order valence-corrected chi connectivity index (χ0v) is 14.3. The zero-order chi connectivity index (χ0) is 17.6. The maximum atomic E-state index is 12.8. The third-order valence-corrected chi connectivity index (χ3v) is 4.42. The molecule has 25 heavy (non-hydrogen) atoms. The number of hydrogen-bond donors (Lipinski definition) is 1. The molecular formula is C20H22N2O3. The molecule has 0 bridgehead atoms. The number of aryl methyl sites for hydroxylation is 1. The minimum atomic E-state index is -0.714. The van der Waals surface area contributed by atoms with E-state index in [4.69, 9.17) is 4.74 Å². The topological polar surface area (TPSA) is 58.6 Å². The van der Waals surface area contributed by atoms with E-state index in [9.17, 15) is 9.59 Å². The average Bonchev–Trinajstić information content (AvgIpc) is 2.67. The highest BCUT2D eigenvalue weighted by molar-refractivity contribution is 5.95. The van der Waals surface area contributed by atoms with Crippen LogP contribution in [0.25, 0.3) is 0 Å². The van der Waals surface area contributed by atoms with Crippen LogP contribution in [0.2, 0.25) is 0 Å². The van der Waals surface area contributed by atoms with Gasteiger partial charge in [-0.3, -0.25) is 4.90 Å². The normalized spacial score (nSPS) is 14.4. The molecule has 0 saturated heterocycles. The smallest absolute Gasteiger partial charge is 0.328 e. The first-order valence-electron chi connectivity index (χ1n) is 8.46. The van der Waals surface area contributed by atoms with Crippen molar-refractivity contribution in [1.29, 1.82) is 0 Å². The molecule has 130 valence electrons. The molecule has 1 aliphatic rings. The van der Waals surface area contributed by atoms with Gasteiger partial charge in [0.25, 0.3) is 0 Å². The van der Waals surface area contributed by atoms with E-state index in [1.54, 1.807) is 4.90 Å². The molecule has 1 heterocycles. The SMILES string of the molecule is COC(=O)[C@@H](Cc1ccccc1)NC(=O)N1CCCc2ccccc21. The Kier molecular flexibility index (Phi) is 5.33. The number of carbonyl (C=O) groups excluding carboxylic acids is 2. The molecule has 0 fully saturated rings. The summed E-state index contributed by atoms with van der Waals surface area (Å²) in [4.78, 5) is 26.6. The first kappa shape index (κ1) is 17.0. The summed E-state index contributed by atoms with van der Waals surface area (Å²) in [6, 6.07) is 16.5. The summed E-state index contributed by atoms with van der Waals surface area (Å²) < 4.78 is 4.87. The maximum Gasteiger partial charge on any atom is 0.328 e. The largest absolute Gasteiger partial charge is 0.467 e. The van der Waals surface area contributed by atoms with Crippen LogP contribution in [0.4, 0.5) is 10.5 Å². The Morgan fingerprint density at radius 3 is 2.60 bits per heavy atom. The van der Waals surface area contributed by atoms with Crippen molar-refractivity contribution in [1.82, 2.24) is 5.32 Å². The molecule has 1 aliphatic heterocycles. The quantitative estimate of drug-likeness (QED) is 0.872. The number of amides is 2. The summed E-state index contributed by atoms with van der Waals surface area (Å²) in [6.07, 6.45) is 2.27. The number of para-hydroxylation sites is 1. The van der Waals surface area contributed by atoms with E-state index in [0.29, 0.717) is 13.0 Å². The molecule has 2 aromatic carbocycles. The number of fused-ring (bicyclic) bond motifs is 1. The summed E-state index contributed by atoms with van der Waals surface area (Å²) in [5.41, 5.74) is 3.04. The van der Waals surface area contributed by atoms with Crippen LogP contribution in [-0.2, 0) is 22.4 Å². The van der Waals surface area contributed by atoms with Gasteiger partial charge in [0.1, 0.15) is 6.04 Å². The molecule has 0 radical (unpaired) electrons. The molecular weight excluding hydrogens is 316 g/mol. The highest BCUT2D eigenvalue weighted by Crippen LogP contribution is 2.26. The van der Waals surface area contributed by atoms with E-state index in [0.717, 1.165) is 29.7 Å². The van der Waals surface area contributed by atoms with E-state index in [1.165, 1.54) is 7.11 Å². The number of hydrogen-bond acceptors (Lipinski definition) is 3. The van der Waals surface area contributed by atoms with Gasteiger partial charge in [-0.05, 0) is 30.0 Å². The summed E-state index contributed by atoms with van der Waals surface area (Å²) >= 11 is 0. The van der Waals surface area contributed by atoms with Crippen molar-refractivity contribution in [2.45, 2.75) is 25.3 Å². The second kappa shape index (κ2) is 7.83. The minimum Gasteiger partial charge on any atom is -0.467 e. The van der Waals surface area contributed by atoms with E-state index < -0.39 is 12.0 Å². The number of methoxy groups -OCH3 is 1. The standard InChI is InChI=1S/C20H22N2O3/c1-25-19(23)17(14-15-8-3-2-4-9-15)21-20(24)22-13-7-11-16-10-5-6-12-18(16)22/h2-6,8-10,12,17H,7,11,13-14H2,1H3,(H,21,24)/t17-/m1/s1. The Morgan fingerprint density at radius 1 is 1.12 bits per heavy atom. The number of nitrogens with zero attached hydrogens (tertiary/aromatic N) is 1. The first-order valence-corrected chi connectivity index (χ1v) is 8.46. The van der Waals surface area contributed by atoms with Gasteiger partial charge in [-0.2, -0.15) is 0 Å². The Hall–Kier alpha value is -2.82. The van der Waals surface area contributed by atoms with Crippen LogP contribution in [-0.4, -0.2) is 31.7 Å². The highest BCUT2D eigenvalue weighted by Gasteiger charge is 2.27. The van der Waals surface area contributed by atoms with E-state index >= 15 is 0 Å². The molecule has 5 nitrogen and oxygen atoms in total. The predicted molar refractivity (Wildman–Crippen MR) is 96.6 cm³/mol. The molecule has 1 N–H and O–H groups in total. The molecule has 0 aromatic heterocycles. The Labute approximate surface area is 147 Å². The van der Waals surface area contributed by atoms with Crippen molar-refractivity contribution >= 4 is 17.7 Å². The third-order valence-electron chi connectivity index (χ3n) is 4.42. The van der Waals surface area contributed by atoms with Crippen LogP contribution in [0.15, 0.2) is 54.6 Å². The molecule has 2 aromatic rings. The van der Waals surface area contributed by atoms with Crippen molar-refractivity contribution in [3.63, 3.8) is 0 Å². The van der Waals surface area contributed by atoms with Gasteiger partial charge in [0.15, 0.2) is 0 Å². The number of carbonyl (C=O) groups is 2. The van der Waals surface area contributed by atoms with Crippen molar-refractivity contribution < 1.29 is 14.3 Å². The Morgan fingerprint density at radius 2 is 1.84 bits per heavy atom. The average molecular weight is 338 g/mol. The fourth-order valence-electron chi connectivity index (χ4n) is 3.16. The summed E-state index contributed by atoms with van der Waals surface area (Å²) in [6.45, 7) is 0.641. The molecule has 2 amide bonds. The molecule has 5 heteroatoms. The molecule has 1 atom stereocenters. The van der Waals surface area contributed by atoms with E-state index in [1.807, 2.05) is 54.6 Å². The molecule has 3 rings (SSSR count). The van der Waals surface area contributed by atoms with Crippen LogP contribution in [0, 0.1) is 0 Å². The number of rotatable bonds is 4. The van der Waals surface area contributed by atoms with Gasteiger partial charge in [0.05, 0.1) is 7.11 Å². The monoisotopic (exact) mass is 338 g/mol. The molecule has 0 spiro atoms. The van der Waals surface area contributed by atoms with Gasteiger partial charge in [0, 0.05) is 18.7 Å². The van der Waals surface area contributed by atoms with E-state index in [2.05, 4.69) is 5.32 Å². The van der Waals surface area contributed by atoms with Crippen LogP contribution >= 0.6 is 0 Å². The van der Waals surface area contributed by atoms with Crippen LogP contribution in [0.5, 0.6) is 0 Å². The number of ether oxygens (including phenoxy) is 1. The lowest BCUT2D eigenvalue weighted by Gasteiger charge is -2.30. The van der Waals surface area contributed by atoms with Crippen molar-refractivity contribution in [2.75, 3.05) is 18.6 Å². The van der Waals surface area contributed by atoms with Crippen molar-refractivity contribution in [3.05, 3.63) is 65.7 Å². The van der Waals surface area contributed by atoms with Crippen LogP contribution < -0.4 is 10.2 Å². The summed E-state index contributed by atoms with van der Waals surface area (Å²) in [5.74, 6) is -0.442. The lowest BCUT2D eigenvalue weighted by molar-refractivity contribution is -0.142. The molecule has 0 unspecified atom stereocenters. The molecule has 0 aliphatic carbocycles. The summed E-state index contributed by atoms with van der Waals surface area (Å²) in [5, 5.41) is 2.84. The first-order chi connectivity index (χ1) is 12.2. The minimum absolute atomic E-state index is 0.265. The van der Waals surface area contributed by atoms with Gasteiger partial charge in [-0.25, -0.2) is 9.59 Å². The van der Waals surface area contributed by atoms with Gasteiger partial charge in [0.2, 0.25) is 0 Å². The number of urea groups is 1. The highest BCUT2D eigenvalue weighted by atomic mass is 16.5. The zero-order valence-electron chi connectivity index (χ0n) is 14.3. The van der Waals surface area contributed by atoms with Gasteiger partial charge in [-0.15, -0.1) is 0 Å². The number of benzene rings is 2. The second-order valence-electron chi connectivity index (χ2n) is 6.10. The Balaban J connectivity index is 1.76.